The molecule has 1 aliphatic rings. The van der Waals surface area contributed by atoms with Gasteiger partial charge in [-0.05, 0) is 44.4 Å². The fourth-order valence-corrected chi connectivity index (χ4v) is 2.09. The van der Waals surface area contributed by atoms with Gasteiger partial charge in [0.15, 0.2) is 0 Å². The van der Waals surface area contributed by atoms with Gasteiger partial charge in [-0.2, -0.15) is 0 Å². The number of hydrogen-bond donors (Lipinski definition) is 2. The van der Waals surface area contributed by atoms with E-state index in [-0.39, 0.29) is 11.4 Å². The first-order valence-corrected chi connectivity index (χ1v) is 5.75. The van der Waals surface area contributed by atoms with E-state index >= 15 is 0 Å². The van der Waals surface area contributed by atoms with Crippen molar-refractivity contribution < 1.29 is 4.79 Å². The number of amides is 1. The predicted octanol–water partition coefficient (Wildman–Crippen LogP) is 2.59. The maximum Gasteiger partial charge on any atom is 0.253 e. The van der Waals surface area contributed by atoms with Crippen LogP contribution in [0.25, 0.3) is 0 Å². The summed E-state index contributed by atoms with van der Waals surface area (Å²) in [4.78, 5) is 12.0. The van der Waals surface area contributed by atoms with Crippen LogP contribution in [0, 0.1) is 0 Å². The minimum Gasteiger partial charge on any atom is -0.398 e. The first-order chi connectivity index (χ1) is 7.50. The lowest BCUT2D eigenvalue weighted by Gasteiger charge is -2.39. The summed E-state index contributed by atoms with van der Waals surface area (Å²) in [6.07, 6.45) is 3.24. The van der Waals surface area contributed by atoms with Crippen LogP contribution in [0.3, 0.4) is 0 Å². The fraction of sp³-hybridized carbons (Fsp3) is 0.417. The number of halogens is 1. The number of carbonyl (C=O) groups is 1. The van der Waals surface area contributed by atoms with Crippen LogP contribution in [-0.4, -0.2) is 11.4 Å². The molecule has 1 saturated carbocycles. The van der Waals surface area contributed by atoms with Gasteiger partial charge in [0.05, 0.1) is 5.56 Å². The number of hydrogen-bond acceptors (Lipinski definition) is 2. The lowest BCUT2D eigenvalue weighted by molar-refractivity contribution is 0.0851. The molecule has 1 aliphatic carbocycles. The van der Waals surface area contributed by atoms with Crippen LogP contribution in [-0.2, 0) is 0 Å². The SMILES string of the molecule is CC1(NC(=O)c2ccc(Cl)cc2N)CCC1. The molecule has 0 aromatic heterocycles. The summed E-state index contributed by atoms with van der Waals surface area (Å²) in [7, 11) is 0. The summed E-state index contributed by atoms with van der Waals surface area (Å²) in [6.45, 7) is 2.06. The highest BCUT2D eigenvalue weighted by molar-refractivity contribution is 6.31. The average molecular weight is 239 g/mol. The van der Waals surface area contributed by atoms with Crippen LogP contribution in [0.4, 0.5) is 5.69 Å². The second kappa shape index (κ2) is 3.98. The Hall–Kier alpha value is -1.22. The molecule has 1 aromatic carbocycles. The van der Waals surface area contributed by atoms with Gasteiger partial charge in [0, 0.05) is 16.2 Å². The molecule has 3 nitrogen and oxygen atoms in total. The molecule has 2 rings (SSSR count). The number of rotatable bonds is 2. The van der Waals surface area contributed by atoms with Crippen LogP contribution in [0.2, 0.25) is 5.02 Å². The van der Waals surface area contributed by atoms with Gasteiger partial charge in [-0.25, -0.2) is 0 Å². The predicted molar refractivity (Wildman–Crippen MR) is 65.6 cm³/mol. The van der Waals surface area contributed by atoms with E-state index in [1.807, 2.05) is 0 Å². The molecule has 0 spiro atoms. The Morgan fingerprint density at radius 1 is 1.50 bits per heavy atom. The third-order valence-corrected chi connectivity index (χ3v) is 3.37. The van der Waals surface area contributed by atoms with Crippen LogP contribution in [0.1, 0.15) is 36.5 Å². The molecule has 0 unspecified atom stereocenters. The van der Waals surface area contributed by atoms with Gasteiger partial charge in [-0.15, -0.1) is 0 Å². The zero-order valence-corrected chi connectivity index (χ0v) is 9.97. The molecule has 0 atom stereocenters. The molecule has 0 bridgehead atoms. The molecule has 86 valence electrons. The lowest BCUT2D eigenvalue weighted by Crippen LogP contribution is -2.51. The van der Waals surface area contributed by atoms with E-state index in [1.165, 1.54) is 6.42 Å². The van der Waals surface area contributed by atoms with E-state index in [2.05, 4.69) is 12.2 Å². The highest BCUT2D eigenvalue weighted by Gasteiger charge is 2.33. The van der Waals surface area contributed by atoms with Gasteiger partial charge >= 0.3 is 0 Å². The molecule has 0 aliphatic heterocycles. The molecule has 1 amide bonds. The van der Waals surface area contributed by atoms with Crippen molar-refractivity contribution in [3.8, 4) is 0 Å². The monoisotopic (exact) mass is 238 g/mol. The van der Waals surface area contributed by atoms with Gasteiger partial charge in [-0.1, -0.05) is 11.6 Å². The van der Waals surface area contributed by atoms with Gasteiger partial charge in [0.1, 0.15) is 0 Å². The third-order valence-electron chi connectivity index (χ3n) is 3.13. The molecule has 4 heteroatoms. The van der Waals surface area contributed by atoms with Crippen LogP contribution >= 0.6 is 11.6 Å². The van der Waals surface area contributed by atoms with Gasteiger partial charge in [0.25, 0.3) is 5.91 Å². The van der Waals surface area contributed by atoms with Crippen LogP contribution in [0.15, 0.2) is 18.2 Å². The number of nitrogens with one attached hydrogen (secondary N) is 1. The molecule has 1 fully saturated rings. The molecule has 0 heterocycles. The quantitative estimate of drug-likeness (QED) is 0.779. The molecular formula is C12H15ClN2O. The Morgan fingerprint density at radius 2 is 2.19 bits per heavy atom. The third kappa shape index (κ3) is 2.14. The van der Waals surface area contributed by atoms with Crippen molar-refractivity contribution in [1.29, 1.82) is 0 Å². The summed E-state index contributed by atoms with van der Waals surface area (Å²) in [6, 6.07) is 4.94. The van der Waals surface area contributed by atoms with Crippen molar-refractivity contribution in [3.63, 3.8) is 0 Å². The topological polar surface area (TPSA) is 55.1 Å². The minimum atomic E-state index is -0.114. The maximum absolute atomic E-state index is 12.0. The zero-order chi connectivity index (χ0) is 11.8. The normalized spacial score (nSPS) is 17.6. The number of anilines is 1. The second-order valence-electron chi connectivity index (χ2n) is 4.60. The van der Waals surface area contributed by atoms with Crippen molar-refractivity contribution in [2.75, 3.05) is 5.73 Å². The smallest absolute Gasteiger partial charge is 0.253 e. The molecule has 16 heavy (non-hydrogen) atoms. The number of carbonyl (C=O) groups excluding carboxylic acids is 1. The fourth-order valence-electron chi connectivity index (χ4n) is 1.91. The largest absolute Gasteiger partial charge is 0.398 e. The van der Waals surface area contributed by atoms with Crippen molar-refractivity contribution in [2.24, 2.45) is 0 Å². The summed E-state index contributed by atoms with van der Waals surface area (Å²) in [5.41, 5.74) is 6.62. The van der Waals surface area contributed by atoms with Crippen LogP contribution in [0.5, 0.6) is 0 Å². The van der Waals surface area contributed by atoms with Crippen molar-refractivity contribution in [2.45, 2.75) is 31.7 Å². The number of benzene rings is 1. The lowest BCUT2D eigenvalue weighted by atomic mass is 9.78. The Morgan fingerprint density at radius 3 is 2.69 bits per heavy atom. The zero-order valence-electron chi connectivity index (χ0n) is 9.22. The minimum absolute atomic E-state index is 0.0524. The Labute approximate surface area is 100.0 Å². The standard InChI is InChI=1S/C12H15ClN2O/c1-12(5-2-6-12)15-11(16)9-4-3-8(13)7-10(9)14/h3-4,7H,2,5-6,14H2,1H3,(H,15,16). The van der Waals surface area contributed by atoms with E-state index in [0.717, 1.165) is 12.8 Å². The summed E-state index contributed by atoms with van der Waals surface area (Å²) in [5.74, 6) is -0.114. The Bertz CT molecular complexity index is 427. The van der Waals surface area contributed by atoms with E-state index in [1.54, 1.807) is 18.2 Å². The molecule has 0 saturated heterocycles. The molecule has 3 N–H and O–H groups in total. The van der Waals surface area contributed by atoms with E-state index in [4.69, 9.17) is 17.3 Å². The molecule has 0 radical (unpaired) electrons. The van der Waals surface area contributed by atoms with E-state index in [9.17, 15) is 4.79 Å². The van der Waals surface area contributed by atoms with Crippen molar-refractivity contribution in [1.82, 2.24) is 5.32 Å². The summed E-state index contributed by atoms with van der Waals surface area (Å²) >= 11 is 5.78. The van der Waals surface area contributed by atoms with Crippen molar-refractivity contribution in [3.05, 3.63) is 28.8 Å². The molecule has 1 aromatic rings. The first kappa shape index (κ1) is 11.3. The highest BCUT2D eigenvalue weighted by atomic mass is 35.5. The second-order valence-corrected chi connectivity index (χ2v) is 5.04. The highest BCUT2D eigenvalue weighted by Crippen LogP contribution is 2.31. The number of nitrogen functional groups attached to an aromatic ring is 1. The maximum atomic E-state index is 12.0. The van der Waals surface area contributed by atoms with E-state index < -0.39 is 0 Å². The van der Waals surface area contributed by atoms with Gasteiger partial charge in [0.2, 0.25) is 0 Å². The average Bonchev–Trinajstić information content (AvgIpc) is 2.14. The summed E-state index contributed by atoms with van der Waals surface area (Å²) < 4.78 is 0. The van der Waals surface area contributed by atoms with E-state index in [0.29, 0.717) is 16.3 Å². The Balaban J connectivity index is 2.14. The van der Waals surface area contributed by atoms with Gasteiger partial charge < -0.3 is 11.1 Å². The van der Waals surface area contributed by atoms with Gasteiger partial charge in [-0.3, -0.25) is 4.79 Å². The first-order valence-electron chi connectivity index (χ1n) is 5.38. The molecular weight excluding hydrogens is 224 g/mol. The van der Waals surface area contributed by atoms with Crippen molar-refractivity contribution >= 4 is 23.2 Å². The number of nitrogens with two attached hydrogens (primary N) is 1. The Kier molecular flexibility index (Phi) is 2.80. The summed E-state index contributed by atoms with van der Waals surface area (Å²) in [5, 5.41) is 3.55. The van der Waals surface area contributed by atoms with Crippen LogP contribution < -0.4 is 11.1 Å².